The first-order valence-corrected chi connectivity index (χ1v) is 6.82. The molecule has 0 aliphatic heterocycles. The first-order chi connectivity index (χ1) is 9.17. The van der Waals surface area contributed by atoms with Gasteiger partial charge in [-0.1, -0.05) is 18.7 Å². The first-order valence-electron chi connectivity index (χ1n) is 5.84. The van der Waals surface area contributed by atoms with Crippen molar-refractivity contribution in [2.45, 2.75) is 25.0 Å². The van der Waals surface area contributed by atoms with Crippen LogP contribution in [0.5, 0.6) is 0 Å². The van der Waals surface area contributed by atoms with Crippen molar-refractivity contribution in [1.29, 1.82) is 0 Å². The summed E-state index contributed by atoms with van der Waals surface area (Å²) in [5.41, 5.74) is 5.40. The molecule has 0 aliphatic carbocycles. The number of urea groups is 1. The van der Waals surface area contributed by atoms with Crippen LogP contribution >= 0.6 is 11.8 Å². The summed E-state index contributed by atoms with van der Waals surface area (Å²) in [6.07, 6.45) is 0.810. The van der Waals surface area contributed by atoms with Crippen LogP contribution in [0.15, 0.2) is 5.16 Å². The Morgan fingerprint density at radius 1 is 1.47 bits per heavy atom. The standard InChI is InChI=1S/C9H17N7O2S/c1-2-4-11-8(18)12-7(17)6-19-9-13-14-15-16(9)5-3-10/h2-6,10H2,1H3,(H2,11,12,17,18). The molecule has 10 heteroatoms. The molecule has 0 saturated heterocycles. The lowest BCUT2D eigenvalue weighted by atomic mass is 10.5. The molecule has 0 radical (unpaired) electrons. The van der Waals surface area contributed by atoms with Crippen LogP contribution in [0.3, 0.4) is 0 Å². The summed E-state index contributed by atoms with van der Waals surface area (Å²) >= 11 is 1.15. The highest BCUT2D eigenvalue weighted by Gasteiger charge is 2.11. The third-order valence-corrected chi connectivity index (χ3v) is 2.92. The van der Waals surface area contributed by atoms with Crippen LogP contribution < -0.4 is 16.4 Å². The van der Waals surface area contributed by atoms with Crippen LogP contribution in [0.1, 0.15) is 13.3 Å². The second-order valence-corrected chi connectivity index (χ2v) is 4.51. The zero-order valence-corrected chi connectivity index (χ0v) is 11.4. The summed E-state index contributed by atoms with van der Waals surface area (Å²) in [6, 6.07) is -0.492. The summed E-state index contributed by atoms with van der Waals surface area (Å²) in [6.45, 7) is 3.34. The molecule has 19 heavy (non-hydrogen) atoms. The number of thioether (sulfide) groups is 1. The fourth-order valence-electron chi connectivity index (χ4n) is 1.14. The van der Waals surface area contributed by atoms with Crippen LogP contribution in [0.2, 0.25) is 0 Å². The molecule has 0 aromatic carbocycles. The van der Waals surface area contributed by atoms with E-state index in [1.165, 1.54) is 4.68 Å². The van der Waals surface area contributed by atoms with Gasteiger partial charge in [0.1, 0.15) is 0 Å². The molecule has 0 saturated carbocycles. The van der Waals surface area contributed by atoms with E-state index in [-0.39, 0.29) is 5.75 Å². The van der Waals surface area contributed by atoms with Crippen LogP contribution in [-0.4, -0.2) is 51.0 Å². The van der Waals surface area contributed by atoms with Crippen molar-refractivity contribution in [2.24, 2.45) is 5.73 Å². The van der Waals surface area contributed by atoms with Crippen molar-refractivity contribution in [3.63, 3.8) is 0 Å². The highest BCUT2D eigenvalue weighted by molar-refractivity contribution is 7.99. The van der Waals surface area contributed by atoms with E-state index in [1.807, 2.05) is 6.92 Å². The summed E-state index contributed by atoms with van der Waals surface area (Å²) in [5, 5.41) is 16.2. The van der Waals surface area contributed by atoms with Gasteiger partial charge in [0.2, 0.25) is 11.1 Å². The van der Waals surface area contributed by atoms with Crippen molar-refractivity contribution < 1.29 is 9.59 Å². The topological polar surface area (TPSA) is 128 Å². The lowest BCUT2D eigenvalue weighted by molar-refractivity contribution is -0.117. The molecule has 0 atom stereocenters. The molecule has 1 heterocycles. The van der Waals surface area contributed by atoms with Gasteiger partial charge in [0.05, 0.1) is 12.3 Å². The molecule has 0 fully saturated rings. The number of carbonyl (C=O) groups excluding carboxylic acids is 2. The molecule has 0 bridgehead atoms. The predicted molar refractivity (Wildman–Crippen MR) is 69.4 cm³/mol. The van der Waals surface area contributed by atoms with Gasteiger partial charge in [0.15, 0.2) is 0 Å². The fourth-order valence-corrected chi connectivity index (χ4v) is 1.84. The van der Waals surface area contributed by atoms with Gasteiger partial charge in [0.25, 0.3) is 0 Å². The molecule has 0 spiro atoms. The van der Waals surface area contributed by atoms with Gasteiger partial charge in [-0.05, 0) is 16.8 Å². The highest BCUT2D eigenvalue weighted by atomic mass is 32.2. The number of rotatable bonds is 7. The summed E-state index contributed by atoms with van der Waals surface area (Å²) in [7, 11) is 0. The Balaban J connectivity index is 2.33. The zero-order chi connectivity index (χ0) is 14.1. The maximum absolute atomic E-state index is 11.5. The molecule has 1 aromatic heterocycles. The van der Waals surface area contributed by atoms with Gasteiger partial charge in [-0.2, -0.15) is 0 Å². The van der Waals surface area contributed by atoms with E-state index in [1.54, 1.807) is 0 Å². The Bertz CT molecular complexity index is 422. The Kier molecular flexibility index (Phi) is 6.82. The maximum Gasteiger partial charge on any atom is 0.321 e. The lowest BCUT2D eigenvalue weighted by Gasteiger charge is -2.05. The first kappa shape index (κ1) is 15.4. The van der Waals surface area contributed by atoms with Crippen LogP contribution in [0, 0.1) is 0 Å². The third-order valence-electron chi connectivity index (χ3n) is 1.96. The van der Waals surface area contributed by atoms with E-state index in [9.17, 15) is 9.59 Å². The normalized spacial score (nSPS) is 10.2. The molecule has 4 N–H and O–H groups in total. The molecular formula is C9H17N7O2S. The molecule has 1 aromatic rings. The van der Waals surface area contributed by atoms with Crippen molar-refractivity contribution >= 4 is 23.7 Å². The number of amides is 3. The van der Waals surface area contributed by atoms with Crippen LogP contribution in [-0.2, 0) is 11.3 Å². The predicted octanol–water partition coefficient (Wildman–Crippen LogP) is -1.04. The third kappa shape index (κ3) is 5.66. The van der Waals surface area contributed by atoms with E-state index < -0.39 is 11.9 Å². The molecule has 3 amide bonds. The molecule has 1 rings (SSSR count). The van der Waals surface area contributed by atoms with Gasteiger partial charge >= 0.3 is 6.03 Å². The number of carbonyl (C=O) groups is 2. The minimum Gasteiger partial charge on any atom is -0.338 e. The summed E-state index contributed by atoms with van der Waals surface area (Å²) in [5.74, 6) is -0.342. The van der Waals surface area contributed by atoms with E-state index >= 15 is 0 Å². The number of nitrogens with one attached hydrogen (secondary N) is 2. The number of nitrogens with zero attached hydrogens (tertiary/aromatic N) is 4. The zero-order valence-electron chi connectivity index (χ0n) is 10.6. The molecule has 0 unspecified atom stereocenters. The van der Waals surface area contributed by atoms with Crippen molar-refractivity contribution in [2.75, 3.05) is 18.8 Å². The summed E-state index contributed by atoms with van der Waals surface area (Å²) in [4.78, 5) is 22.7. The number of hydrogen-bond acceptors (Lipinski definition) is 7. The average Bonchev–Trinajstić information content (AvgIpc) is 2.82. The Hall–Kier alpha value is -1.68. The lowest BCUT2D eigenvalue weighted by Crippen LogP contribution is -2.40. The Morgan fingerprint density at radius 3 is 2.95 bits per heavy atom. The second kappa shape index (κ2) is 8.43. The molecule has 0 aliphatic rings. The number of tetrazole rings is 1. The minimum absolute atomic E-state index is 0.0600. The number of hydrogen-bond donors (Lipinski definition) is 3. The highest BCUT2D eigenvalue weighted by Crippen LogP contribution is 2.12. The Morgan fingerprint density at radius 2 is 2.26 bits per heavy atom. The van der Waals surface area contributed by atoms with Crippen LogP contribution in [0.4, 0.5) is 4.79 Å². The average molecular weight is 287 g/mol. The quantitative estimate of drug-likeness (QED) is 0.546. The SMILES string of the molecule is CCCNC(=O)NC(=O)CSc1nnnn1CCN. The van der Waals surface area contributed by atoms with Crippen molar-refractivity contribution in [3.05, 3.63) is 0 Å². The number of imide groups is 1. The molecule has 9 nitrogen and oxygen atoms in total. The van der Waals surface area contributed by atoms with Gasteiger partial charge in [-0.15, -0.1) is 5.10 Å². The monoisotopic (exact) mass is 287 g/mol. The van der Waals surface area contributed by atoms with Crippen molar-refractivity contribution in [1.82, 2.24) is 30.8 Å². The number of nitrogens with two attached hydrogens (primary N) is 1. The van der Waals surface area contributed by atoms with Gasteiger partial charge < -0.3 is 11.1 Å². The Labute approximate surface area is 114 Å². The van der Waals surface area contributed by atoms with E-state index in [0.29, 0.717) is 24.8 Å². The molecular weight excluding hydrogens is 270 g/mol. The van der Waals surface area contributed by atoms with Gasteiger partial charge in [-0.3, -0.25) is 10.1 Å². The van der Waals surface area contributed by atoms with Crippen molar-refractivity contribution in [3.8, 4) is 0 Å². The number of aromatic nitrogens is 4. The largest absolute Gasteiger partial charge is 0.338 e. The van der Waals surface area contributed by atoms with Crippen LogP contribution in [0.25, 0.3) is 0 Å². The maximum atomic E-state index is 11.5. The van der Waals surface area contributed by atoms with E-state index in [2.05, 4.69) is 26.2 Å². The fraction of sp³-hybridized carbons (Fsp3) is 0.667. The minimum atomic E-state index is -0.492. The smallest absolute Gasteiger partial charge is 0.321 e. The van der Waals surface area contributed by atoms with E-state index in [4.69, 9.17) is 5.73 Å². The molecule has 106 valence electrons. The van der Waals surface area contributed by atoms with E-state index in [0.717, 1.165) is 18.2 Å². The van der Waals surface area contributed by atoms with Gasteiger partial charge in [-0.25, -0.2) is 9.48 Å². The summed E-state index contributed by atoms with van der Waals surface area (Å²) < 4.78 is 1.51. The second-order valence-electron chi connectivity index (χ2n) is 3.57. The van der Waals surface area contributed by atoms with Gasteiger partial charge in [0, 0.05) is 13.1 Å².